The number of hydrogen-bond donors (Lipinski definition) is 2. The van der Waals surface area contributed by atoms with E-state index in [4.69, 9.17) is 5.73 Å². The first-order chi connectivity index (χ1) is 9.00. The summed E-state index contributed by atoms with van der Waals surface area (Å²) in [5.41, 5.74) is 7.28. The predicted octanol–water partition coefficient (Wildman–Crippen LogP) is 3.19. The predicted molar refractivity (Wildman–Crippen MR) is 76.6 cm³/mol. The van der Waals surface area contributed by atoms with Crippen LogP contribution in [0.5, 0.6) is 0 Å². The molecule has 0 aliphatic rings. The van der Waals surface area contributed by atoms with Crippen LogP contribution in [0.25, 0.3) is 0 Å². The molecule has 0 fully saturated rings. The summed E-state index contributed by atoms with van der Waals surface area (Å²) >= 11 is 0. The Bertz CT molecular complexity index is 553. The van der Waals surface area contributed by atoms with Crippen LogP contribution in [0.3, 0.4) is 0 Å². The monoisotopic (exact) mass is 259 g/mol. The Morgan fingerprint density at radius 1 is 1.21 bits per heavy atom. The topological polar surface area (TPSA) is 50.9 Å². The lowest BCUT2D eigenvalue weighted by molar-refractivity contribution is 0.538. The highest BCUT2D eigenvalue weighted by Crippen LogP contribution is 2.25. The van der Waals surface area contributed by atoms with Crippen molar-refractivity contribution in [2.24, 2.45) is 0 Å². The Morgan fingerprint density at radius 2 is 2.00 bits per heavy atom. The second-order valence-electron chi connectivity index (χ2n) is 5.15. The smallest absolute Gasteiger partial charge is 0.148 e. The van der Waals surface area contributed by atoms with Crippen LogP contribution >= 0.6 is 0 Å². The molecule has 0 amide bonds. The fraction of sp³-hybridized carbons (Fsp3) is 0.267. The number of aromatic nitrogens is 1. The summed E-state index contributed by atoms with van der Waals surface area (Å²) in [7, 11) is 0. The lowest BCUT2D eigenvalue weighted by atomic mass is 9.88. The van der Waals surface area contributed by atoms with Crippen molar-refractivity contribution >= 4 is 11.4 Å². The lowest BCUT2D eigenvalue weighted by Gasteiger charge is -2.25. The van der Waals surface area contributed by atoms with Gasteiger partial charge in [-0.15, -0.1) is 0 Å². The van der Waals surface area contributed by atoms with Crippen LogP contribution in [0.2, 0.25) is 0 Å². The van der Waals surface area contributed by atoms with Gasteiger partial charge in [-0.25, -0.2) is 4.39 Å². The normalized spacial score (nSPS) is 11.3. The minimum Gasteiger partial charge on any atom is -0.395 e. The number of hydrogen-bond acceptors (Lipinski definition) is 3. The van der Waals surface area contributed by atoms with Gasteiger partial charge < -0.3 is 11.1 Å². The third-order valence-electron chi connectivity index (χ3n) is 3.13. The number of rotatable bonds is 4. The zero-order chi connectivity index (χ0) is 13.9. The third-order valence-corrected chi connectivity index (χ3v) is 3.13. The molecule has 1 heterocycles. The standard InChI is InChI=1S/C15H18FN3/c1-15(2,13-8-3-4-9-18-13)10-19-12-7-5-6-11(16)14(12)17/h3-9,19H,10,17H2,1-2H3. The van der Waals surface area contributed by atoms with E-state index in [-0.39, 0.29) is 11.1 Å². The van der Waals surface area contributed by atoms with Gasteiger partial charge in [-0.3, -0.25) is 4.98 Å². The highest BCUT2D eigenvalue weighted by Gasteiger charge is 2.22. The van der Waals surface area contributed by atoms with E-state index in [0.29, 0.717) is 12.2 Å². The summed E-state index contributed by atoms with van der Waals surface area (Å²) in [4.78, 5) is 4.36. The number of nitrogens with two attached hydrogens (primary N) is 1. The minimum absolute atomic E-state index is 0.152. The molecule has 19 heavy (non-hydrogen) atoms. The number of nitrogen functional groups attached to an aromatic ring is 1. The number of nitrogens with one attached hydrogen (secondary N) is 1. The first-order valence-corrected chi connectivity index (χ1v) is 6.20. The molecule has 0 aliphatic carbocycles. The summed E-state index contributed by atoms with van der Waals surface area (Å²) in [6, 6.07) is 10.6. The summed E-state index contributed by atoms with van der Waals surface area (Å²) in [6.45, 7) is 4.79. The van der Waals surface area contributed by atoms with Crippen LogP contribution in [0.4, 0.5) is 15.8 Å². The fourth-order valence-electron chi connectivity index (χ4n) is 1.86. The maximum absolute atomic E-state index is 13.3. The highest BCUT2D eigenvalue weighted by atomic mass is 19.1. The molecule has 3 N–H and O–H groups in total. The van der Waals surface area contributed by atoms with Gasteiger partial charge in [-0.05, 0) is 24.3 Å². The molecule has 0 unspecified atom stereocenters. The number of pyridine rings is 1. The van der Waals surface area contributed by atoms with E-state index >= 15 is 0 Å². The van der Waals surface area contributed by atoms with Crippen LogP contribution in [0.1, 0.15) is 19.5 Å². The van der Waals surface area contributed by atoms with E-state index in [1.807, 2.05) is 18.2 Å². The van der Waals surface area contributed by atoms with Gasteiger partial charge in [0.05, 0.1) is 11.4 Å². The van der Waals surface area contributed by atoms with Crippen LogP contribution in [0.15, 0.2) is 42.6 Å². The number of anilines is 2. The van der Waals surface area contributed by atoms with Crippen molar-refractivity contribution in [2.45, 2.75) is 19.3 Å². The number of nitrogens with zero attached hydrogens (tertiary/aromatic N) is 1. The van der Waals surface area contributed by atoms with E-state index in [9.17, 15) is 4.39 Å². The van der Waals surface area contributed by atoms with Gasteiger partial charge in [0.1, 0.15) is 5.82 Å². The average Bonchev–Trinajstić information content (AvgIpc) is 2.41. The van der Waals surface area contributed by atoms with Gasteiger partial charge in [0.25, 0.3) is 0 Å². The van der Waals surface area contributed by atoms with Crippen molar-refractivity contribution in [3.05, 3.63) is 54.1 Å². The van der Waals surface area contributed by atoms with E-state index in [0.717, 1.165) is 5.69 Å². The van der Waals surface area contributed by atoms with Gasteiger partial charge in [0, 0.05) is 23.9 Å². The Labute approximate surface area is 112 Å². The van der Waals surface area contributed by atoms with Gasteiger partial charge in [-0.1, -0.05) is 26.0 Å². The lowest BCUT2D eigenvalue weighted by Crippen LogP contribution is -2.28. The molecule has 0 saturated carbocycles. The molecular formula is C15H18FN3. The van der Waals surface area contributed by atoms with Crippen LogP contribution in [-0.4, -0.2) is 11.5 Å². The van der Waals surface area contributed by atoms with E-state index in [1.54, 1.807) is 18.3 Å². The van der Waals surface area contributed by atoms with Crippen molar-refractivity contribution < 1.29 is 4.39 Å². The van der Waals surface area contributed by atoms with E-state index < -0.39 is 5.82 Å². The van der Waals surface area contributed by atoms with Crippen molar-refractivity contribution in [3.63, 3.8) is 0 Å². The second kappa shape index (κ2) is 5.26. The van der Waals surface area contributed by atoms with E-state index in [2.05, 4.69) is 24.1 Å². The molecular weight excluding hydrogens is 241 g/mol. The maximum atomic E-state index is 13.3. The van der Waals surface area contributed by atoms with Crippen LogP contribution < -0.4 is 11.1 Å². The fourth-order valence-corrected chi connectivity index (χ4v) is 1.86. The summed E-state index contributed by atoms with van der Waals surface area (Å²) < 4.78 is 13.3. The van der Waals surface area contributed by atoms with Gasteiger partial charge in [0.2, 0.25) is 0 Å². The molecule has 0 bridgehead atoms. The molecule has 100 valence electrons. The molecule has 0 saturated heterocycles. The molecule has 4 heteroatoms. The Balaban J connectivity index is 2.12. The SMILES string of the molecule is CC(C)(CNc1cccc(F)c1N)c1ccccn1. The van der Waals surface area contributed by atoms with Gasteiger partial charge in [0.15, 0.2) is 0 Å². The van der Waals surface area contributed by atoms with Crippen molar-refractivity contribution in [2.75, 3.05) is 17.6 Å². The molecule has 1 aromatic heterocycles. The summed E-state index contributed by atoms with van der Waals surface area (Å²) in [5.74, 6) is -0.402. The first kappa shape index (κ1) is 13.3. The molecule has 0 atom stereocenters. The molecule has 1 aromatic carbocycles. The molecule has 0 spiro atoms. The Hall–Kier alpha value is -2.10. The van der Waals surface area contributed by atoms with Crippen molar-refractivity contribution in [1.82, 2.24) is 4.98 Å². The Morgan fingerprint density at radius 3 is 2.68 bits per heavy atom. The molecule has 2 rings (SSSR count). The first-order valence-electron chi connectivity index (χ1n) is 6.20. The number of para-hydroxylation sites is 1. The molecule has 2 aromatic rings. The Kier molecular flexibility index (Phi) is 3.69. The van der Waals surface area contributed by atoms with Gasteiger partial charge in [-0.2, -0.15) is 0 Å². The minimum atomic E-state index is -0.402. The van der Waals surface area contributed by atoms with Crippen molar-refractivity contribution in [3.8, 4) is 0 Å². The number of benzene rings is 1. The number of halogens is 1. The third kappa shape index (κ3) is 3.02. The average molecular weight is 259 g/mol. The summed E-state index contributed by atoms with van der Waals surface area (Å²) in [5, 5.41) is 3.19. The molecule has 0 radical (unpaired) electrons. The highest BCUT2D eigenvalue weighted by molar-refractivity contribution is 5.66. The summed E-state index contributed by atoms with van der Waals surface area (Å²) in [6.07, 6.45) is 1.77. The van der Waals surface area contributed by atoms with Crippen LogP contribution in [0, 0.1) is 5.82 Å². The van der Waals surface area contributed by atoms with Crippen molar-refractivity contribution in [1.29, 1.82) is 0 Å². The quantitative estimate of drug-likeness (QED) is 0.829. The largest absolute Gasteiger partial charge is 0.395 e. The zero-order valence-corrected chi connectivity index (χ0v) is 11.2. The second-order valence-corrected chi connectivity index (χ2v) is 5.15. The zero-order valence-electron chi connectivity index (χ0n) is 11.2. The maximum Gasteiger partial charge on any atom is 0.148 e. The van der Waals surface area contributed by atoms with Gasteiger partial charge >= 0.3 is 0 Å². The molecule has 0 aliphatic heterocycles. The van der Waals surface area contributed by atoms with E-state index in [1.165, 1.54) is 6.07 Å². The van der Waals surface area contributed by atoms with Crippen LogP contribution in [-0.2, 0) is 5.41 Å². The molecule has 3 nitrogen and oxygen atoms in total.